The maximum absolute atomic E-state index is 5.36. The van der Waals surface area contributed by atoms with Crippen molar-refractivity contribution in [2.75, 3.05) is 5.73 Å². The molecule has 2 rings (SSSR count). The standard InChI is InChI=1S/C8H5Br2N3O/c9-4-1-2-6(10)5(3-4)7-12-8(11)13-14-7/h1-3H,(H2,11,13). The quantitative estimate of drug-likeness (QED) is 0.878. The highest BCUT2D eigenvalue weighted by Crippen LogP contribution is 2.29. The van der Waals surface area contributed by atoms with Crippen LogP contribution >= 0.6 is 31.9 Å². The summed E-state index contributed by atoms with van der Waals surface area (Å²) in [4.78, 5) is 3.93. The summed E-state index contributed by atoms with van der Waals surface area (Å²) in [6.45, 7) is 0. The Morgan fingerprint density at radius 2 is 2.07 bits per heavy atom. The van der Waals surface area contributed by atoms with Gasteiger partial charge in [0, 0.05) is 8.95 Å². The smallest absolute Gasteiger partial charge is 0.261 e. The molecule has 2 aromatic rings. The molecule has 0 atom stereocenters. The predicted octanol–water partition coefficient (Wildman–Crippen LogP) is 2.84. The van der Waals surface area contributed by atoms with E-state index in [4.69, 9.17) is 10.3 Å². The fourth-order valence-electron chi connectivity index (χ4n) is 1.01. The number of benzene rings is 1. The number of nitrogens with zero attached hydrogens (tertiary/aromatic N) is 2. The molecule has 14 heavy (non-hydrogen) atoms. The van der Waals surface area contributed by atoms with Crippen LogP contribution in [-0.2, 0) is 0 Å². The zero-order valence-corrected chi connectivity index (χ0v) is 10.0. The number of halogens is 2. The maximum Gasteiger partial charge on any atom is 0.261 e. The number of nitrogens with two attached hydrogens (primary N) is 1. The van der Waals surface area contributed by atoms with Gasteiger partial charge in [-0.1, -0.05) is 15.9 Å². The molecule has 0 spiro atoms. The van der Waals surface area contributed by atoms with Gasteiger partial charge in [0.15, 0.2) is 0 Å². The van der Waals surface area contributed by atoms with E-state index in [1.165, 1.54) is 0 Å². The molecule has 1 heterocycles. The summed E-state index contributed by atoms with van der Waals surface area (Å²) in [7, 11) is 0. The molecule has 0 aliphatic rings. The summed E-state index contributed by atoms with van der Waals surface area (Å²) in [5.74, 6) is 0.530. The third-order valence-corrected chi connectivity index (χ3v) is 2.79. The number of aromatic nitrogens is 2. The fourth-order valence-corrected chi connectivity index (χ4v) is 1.78. The average molecular weight is 319 g/mol. The maximum atomic E-state index is 5.36. The van der Waals surface area contributed by atoms with Gasteiger partial charge in [-0.25, -0.2) is 0 Å². The van der Waals surface area contributed by atoms with E-state index < -0.39 is 0 Å². The normalized spacial score (nSPS) is 10.4. The molecule has 72 valence electrons. The first kappa shape index (κ1) is 9.67. The minimum absolute atomic E-state index is 0.131. The minimum atomic E-state index is 0.131. The van der Waals surface area contributed by atoms with E-state index in [0.717, 1.165) is 14.5 Å². The van der Waals surface area contributed by atoms with Crippen LogP contribution in [0.2, 0.25) is 0 Å². The van der Waals surface area contributed by atoms with Gasteiger partial charge in [-0.3, -0.25) is 0 Å². The van der Waals surface area contributed by atoms with E-state index in [1.807, 2.05) is 18.2 Å². The molecule has 0 saturated carbocycles. The first-order valence-corrected chi connectivity index (χ1v) is 5.30. The molecule has 0 aliphatic heterocycles. The second kappa shape index (κ2) is 3.70. The third kappa shape index (κ3) is 1.80. The second-order valence-electron chi connectivity index (χ2n) is 2.58. The highest BCUT2D eigenvalue weighted by molar-refractivity contribution is 9.11. The summed E-state index contributed by atoms with van der Waals surface area (Å²) in [5.41, 5.74) is 6.17. The molecule has 6 heteroatoms. The number of hydrogen-bond donors (Lipinski definition) is 1. The number of hydrogen-bond acceptors (Lipinski definition) is 4. The highest BCUT2D eigenvalue weighted by Gasteiger charge is 2.10. The van der Waals surface area contributed by atoms with Crippen LogP contribution in [0, 0.1) is 0 Å². The van der Waals surface area contributed by atoms with Gasteiger partial charge < -0.3 is 10.3 Å². The van der Waals surface area contributed by atoms with Crippen LogP contribution in [0.5, 0.6) is 0 Å². The van der Waals surface area contributed by atoms with Crippen LogP contribution in [-0.4, -0.2) is 10.1 Å². The summed E-state index contributed by atoms with van der Waals surface area (Å²) in [5, 5.41) is 3.52. The summed E-state index contributed by atoms with van der Waals surface area (Å²) in [6, 6.07) is 5.67. The van der Waals surface area contributed by atoms with Crippen LogP contribution < -0.4 is 5.73 Å². The zero-order chi connectivity index (χ0) is 10.1. The Balaban J connectivity index is 2.55. The lowest BCUT2D eigenvalue weighted by molar-refractivity contribution is 0.433. The Bertz CT molecular complexity index is 469. The van der Waals surface area contributed by atoms with Gasteiger partial charge in [0.1, 0.15) is 0 Å². The van der Waals surface area contributed by atoms with Crippen molar-refractivity contribution in [3.05, 3.63) is 27.1 Å². The fraction of sp³-hybridized carbons (Fsp3) is 0. The molecule has 0 saturated heterocycles. The van der Waals surface area contributed by atoms with Crippen LogP contribution in [0.3, 0.4) is 0 Å². The van der Waals surface area contributed by atoms with Crippen molar-refractivity contribution in [1.29, 1.82) is 0 Å². The molecule has 1 aromatic heterocycles. The molecule has 0 unspecified atom stereocenters. The van der Waals surface area contributed by atoms with Crippen molar-refractivity contribution in [1.82, 2.24) is 10.1 Å². The number of anilines is 1. The predicted molar refractivity (Wildman–Crippen MR) is 59.5 cm³/mol. The van der Waals surface area contributed by atoms with Crippen LogP contribution in [0.4, 0.5) is 5.95 Å². The molecular weight excluding hydrogens is 314 g/mol. The van der Waals surface area contributed by atoms with Gasteiger partial charge in [-0.15, -0.1) is 0 Å². The molecule has 4 nitrogen and oxygen atoms in total. The summed E-state index contributed by atoms with van der Waals surface area (Å²) >= 11 is 6.75. The van der Waals surface area contributed by atoms with Crippen molar-refractivity contribution in [3.63, 3.8) is 0 Å². The van der Waals surface area contributed by atoms with Crippen LogP contribution in [0.25, 0.3) is 11.5 Å². The van der Waals surface area contributed by atoms with Gasteiger partial charge in [0.05, 0.1) is 5.56 Å². The van der Waals surface area contributed by atoms with Crippen molar-refractivity contribution >= 4 is 37.8 Å². The van der Waals surface area contributed by atoms with Crippen LogP contribution in [0.15, 0.2) is 31.7 Å². The topological polar surface area (TPSA) is 64.9 Å². The summed E-state index contributed by atoms with van der Waals surface area (Å²) in [6.07, 6.45) is 0. The Hall–Kier alpha value is -0.880. The average Bonchev–Trinajstić information content (AvgIpc) is 2.56. The molecule has 1 aromatic carbocycles. The lowest BCUT2D eigenvalue weighted by Crippen LogP contribution is -1.86. The van der Waals surface area contributed by atoms with Gasteiger partial charge in [-0.2, -0.15) is 4.98 Å². The molecular formula is C8H5Br2N3O. The van der Waals surface area contributed by atoms with Crippen molar-refractivity contribution < 1.29 is 4.52 Å². The Morgan fingerprint density at radius 3 is 2.71 bits per heavy atom. The first-order valence-electron chi connectivity index (χ1n) is 3.71. The van der Waals surface area contributed by atoms with Crippen molar-refractivity contribution in [2.45, 2.75) is 0 Å². The minimum Gasteiger partial charge on any atom is -0.365 e. The van der Waals surface area contributed by atoms with Crippen molar-refractivity contribution in [3.8, 4) is 11.5 Å². The van der Waals surface area contributed by atoms with E-state index in [2.05, 4.69) is 42.0 Å². The summed E-state index contributed by atoms with van der Waals surface area (Å²) < 4.78 is 6.77. The lowest BCUT2D eigenvalue weighted by atomic mass is 10.2. The third-order valence-electron chi connectivity index (χ3n) is 1.60. The molecule has 0 bridgehead atoms. The van der Waals surface area contributed by atoms with E-state index in [1.54, 1.807) is 0 Å². The monoisotopic (exact) mass is 317 g/mol. The molecule has 0 fully saturated rings. The zero-order valence-electron chi connectivity index (χ0n) is 6.87. The molecule has 0 amide bonds. The molecule has 0 radical (unpaired) electrons. The first-order chi connectivity index (χ1) is 6.66. The Kier molecular flexibility index (Phi) is 2.56. The van der Waals surface area contributed by atoms with Gasteiger partial charge in [-0.05, 0) is 39.3 Å². The Labute approximate surface area is 96.7 Å². The number of rotatable bonds is 1. The van der Waals surface area contributed by atoms with Gasteiger partial charge >= 0.3 is 0 Å². The second-order valence-corrected chi connectivity index (χ2v) is 4.35. The van der Waals surface area contributed by atoms with E-state index >= 15 is 0 Å². The molecule has 0 aliphatic carbocycles. The Morgan fingerprint density at radius 1 is 1.29 bits per heavy atom. The van der Waals surface area contributed by atoms with Gasteiger partial charge in [0.25, 0.3) is 11.8 Å². The van der Waals surface area contributed by atoms with E-state index in [0.29, 0.717) is 5.89 Å². The van der Waals surface area contributed by atoms with E-state index in [9.17, 15) is 0 Å². The van der Waals surface area contributed by atoms with Crippen LogP contribution in [0.1, 0.15) is 0 Å². The van der Waals surface area contributed by atoms with Crippen molar-refractivity contribution in [2.24, 2.45) is 0 Å². The lowest BCUT2D eigenvalue weighted by Gasteiger charge is -1.98. The SMILES string of the molecule is Nc1noc(-c2cc(Br)ccc2Br)n1. The largest absolute Gasteiger partial charge is 0.365 e. The highest BCUT2D eigenvalue weighted by atomic mass is 79.9. The van der Waals surface area contributed by atoms with Gasteiger partial charge in [0.2, 0.25) is 0 Å². The number of nitrogen functional groups attached to an aromatic ring is 1. The van der Waals surface area contributed by atoms with E-state index in [-0.39, 0.29) is 5.95 Å². The molecule has 2 N–H and O–H groups in total.